The van der Waals surface area contributed by atoms with Gasteiger partial charge in [-0.05, 0) is 48.0 Å². The molecule has 0 spiro atoms. The first-order chi connectivity index (χ1) is 12.2. The van der Waals surface area contributed by atoms with Crippen LogP contribution in [0.15, 0.2) is 72.0 Å². The zero-order chi connectivity index (χ0) is 17.5. The summed E-state index contributed by atoms with van der Waals surface area (Å²) >= 11 is 0. The van der Waals surface area contributed by atoms with Crippen molar-refractivity contribution in [1.29, 1.82) is 0 Å². The zero-order valence-electron chi connectivity index (χ0n) is 13.3. The second-order valence-electron chi connectivity index (χ2n) is 5.26. The van der Waals surface area contributed by atoms with Gasteiger partial charge in [0.25, 0.3) is 0 Å². The molecule has 25 heavy (non-hydrogen) atoms. The molecule has 0 saturated heterocycles. The largest absolute Gasteiger partial charge is 0.456 e. The van der Waals surface area contributed by atoms with E-state index in [0.717, 1.165) is 5.69 Å². The second kappa shape index (κ2) is 8.36. The number of pyridine rings is 2. The minimum atomic E-state index is -2.68. The Labute approximate surface area is 147 Å². The van der Waals surface area contributed by atoms with Gasteiger partial charge in [0.2, 0.25) is 0 Å². The summed E-state index contributed by atoms with van der Waals surface area (Å²) in [6, 6.07) is 14.1. The smallest absolute Gasteiger partial charge is 0.168 e. The standard InChI is InChI=1S/C18H17N3O3S/c22-25(23)18-7-6-16(24-17-5-3-8-19-13-17)10-14(18)11-20-12-15-4-1-2-9-21-15/h1-10,13,20,25H,11-12H2. The van der Waals surface area contributed by atoms with Gasteiger partial charge < -0.3 is 10.1 Å². The summed E-state index contributed by atoms with van der Waals surface area (Å²) in [4.78, 5) is 8.50. The number of aromatic nitrogens is 2. The van der Waals surface area contributed by atoms with Crippen LogP contribution in [-0.2, 0) is 23.8 Å². The van der Waals surface area contributed by atoms with Gasteiger partial charge in [0.05, 0.1) is 16.8 Å². The maximum Gasteiger partial charge on any atom is 0.168 e. The summed E-state index contributed by atoms with van der Waals surface area (Å²) in [5.74, 6) is 1.15. The Morgan fingerprint density at radius 2 is 1.88 bits per heavy atom. The number of thiol groups is 1. The number of nitrogens with one attached hydrogen (secondary N) is 1. The predicted octanol–water partition coefficient (Wildman–Crippen LogP) is 2.53. The lowest BCUT2D eigenvalue weighted by atomic mass is 10.2. The van der Waals surface area contributed by atoms with E-state index in [1.807, 2.05) is 18.2 Å². The monoisotopic (exact) mass is 355 g/mol. The van der Waals surface area contributed by atoms with Crippen molar-refractivity contribution in [3.8, 4) is 11.5 Å². The van der Waals surface area contributed by atoms with Crippen molar-refractivity contribution in [2.24, 2.45) is 0 Å². The van der Waals surface area contributed by atoms with Crippen LogP contribution in [-0.4, -0.2) is 18.4 Å². The highest BCUT2D eigenvalue weighted by Crippen LogP contribution is 2.24. The molecule has 0 amide bonds. The van der Waals surface area contributed by atoms with Crippen molar-refractivity contribution in [3.63, 3.8) is 0 Å². The van der Waals surface area contributed by atoms with Gasteiger partial charge in [-0.2, -0.15) is 0 Å². The van der Waals surface area contributed by atoms with E-state index in [1.54, 1.807) is 48.9 Å². The topological polar surface area (TPSA) is 81.2 Å². The third-order valence-corrected chi connectivity index (χ3v) is 4.30. The summed E-state index contributed by atoms with van der Waals surface area (Å²) in [7, 11) is -2.68. The van der Waals surface area contributed by atoms with E-state index in [9.17, 15) is 8.42 Å². The van der Waals surface area contributed by atoms with Crippen molar-refractivity contribution in [3.05, 3.63) is 78.4 Å². The SMILES string of the molecule is O=[SH](=O)c1ccc(Oc2cccnc2)cc1CNCc1ccccn1. The molecule has 2 aromatic heterocycles. The lowest BCUT2D eigenvalue weighted by Gasteiger charge is -2.10. The molecular weight excluding hydrogens is 338 g/mol. The molecule has 0 atom stereocenters. The fourth-order valence-electron chi connectivity index (χ4n) is 2.32. The third-order valence-electron chi connectivity index (χ3n) is 3.47. The van der Waals surface area contributed by atoms with E-state index >= 15 is 0 Å². The van der Waals surface area contributed by atoms with Crippen LogP contribution in [0.2, 0.25) is 0 Å². The van der Waals surface area contributed by atoms with E-state index in [1.165, 1.54) is 0 Å². The van der Waals surface area contributed by atoms with Gasteiger partial charge in [-0.3, -0.25) is 9.97 Å². The molecule has 0 unspecified atom stereocenters. The number of hydrogen-bond acceptors (Lipinski definition) is 6. The minimum absolute atomic E-state index is 0.280. The Kier molecular flexibility index (Phi) is 5.71. The maximum atomic E-state index is 11.5. The molecule has 0 aliphatic heterocycles. The predicted molar refractivity (Wildman–Crippen MR) is 94.1 cm³/mol. The molecule has 0 aliphatic carbocycles. The number of rotatable bonds is 7. The van der Waals surface area contributed by atoms with Gasteiger partial charge in [0.15, 0.2) is 10.7 Å². The molecule has 128 valence electrons. The number of hydrogen-bond donors (Lipinski definition) is 2. The van der Waals surface area contributed by atoms with Crippen LogP contribution in [0.25, 0.3) is 0 Å². The molecule has 1 N–H and O–H groups in total. The van der Waals surface area contributed by atoms with Crippen molar-refractivity contribution < 1.29 is 13.2 Å². The molecule has 3 rings (SSSR count). The first kappa shape index (κ1) is 17.1. The van der Waals surface area contributed by atoms with Gasteiger partial charge in [-0.1, -0.05) is 6.07 Å². The Hall–Kier alpha value is -2.77. The van der Waals surface area contributed by atoms with E-state index in [-0.39, 0.29) is 4.90 Å². The van der Waals surface area contributed by atoms with Crippen molar-refractivity contribution in [2.45, 2.75) is 18.0 Å². The molecule has 1 aromatic carbocycles. The Morgan fingerprint density at radius 1 is 0.960 bits per heavy atom. The van der Waals surface area contributed by atoms with E-state index < -0.39 is 10.7 Å². The van der Waals surface area contributed by atoms with Crippen LogP contribution in [0.4, 0.5) is 0 Å². The van der Waals surface area contributed by atoms with Crippen molar-refractivity contribution in [1.82, 2.24) is 15.3 Å². The molecule has 0 radical (unpaired) electrons. The molecule has 0 fully saturated rings. The van der Waals surface area contributed by atoms with E-state index in [2.05, 4.69) is 15.3 Å². The van der Waals surface area contributed by atoms with Crippen LogP contribution >= 0.6 is 0 Å². The van der Waals surface area contributed by atoms with Crippen LogP contribution in [0.1, 0.15) is 11.3 Å². The molecule has 3 aromatic rings. The maximum absolute atomic E-state index is 11.5. The number of benzene rings is 1. The Bertz CT molecular complexity index is 892. The van der Waals surface area contributed by atoms with Crippen molar-refractivity contribution in [2.75, 3.05) is 0 Å². The fourth-order valence-corrected chi connectivity index (χ4v) is 2.89. The summed E-state index contributed by atoms with van der Waals surface area (Å²) in [5.41, 5.74) is 1.53. The van der Waals surface area contributed by atoms with Crippen LogP contribution in [0, 0.1) is 0 Å². The Morgan fingerprint density at radius 3 is 2.60 bits per heavy atom. The van der Waals surface area contributed by atoms with E-state index in [4.69, 9.17) is 4.74 Å². The summed E-state index contributed by atoms with van der Waals surface area (Å²) in [6.45, 7) is 0.934. The van der Waals surface area contributed by atoms with Crippen LogP contribution in [0.3, 0.4) is 0 Å². The Balaban J connectivity index is 1.74. The first-order valence-electron chi connectivity index (χ1n) is 7.68. The highest BCUT2D eigenvalue weighted by molar-refractivity contribution is 7.72. The molecule has 2 heterocycles. The van der Waals surface area contributed by atoms with Crippen molar-refractivity contribution >= 4 is 10.7 Å². The molecule has 7 heteroatoms. The van der Waals surface area contributed by atoms with Crippen LogP contribution in [0.5, 0.6) is 11.5 Å². The summed E-state index contributed by atoms with van der Waals surface area (Å²) in [6.07, 6.45) is 4.98. The zero-order valence-corrected chi connectivity index (χ0v) is 14.2. The minimum Gasteiger partial charge on any atom is -0.456 e. The lowest BCUT2D eigenvalue weighted by Crippen LogP contribution is -2.14. The third kappa shape index (κ3) is 4.85. The number of nitrogens with zero attached hydrogens (tertiary/aromatic N) is 2. The number of ether oxygens (including phenoxy) is 1. The second-order valence-corrected chi connectivity index (χ2v) is 6.26. The normalized spacial score (nSPS) is 10.8. The average molecular weight is 355 g/mol. The fraction of sp³-hybridized carbons (Fsp3) is 0.111. The molecule has 0 saturated carbocycles. The molecule has 6 nitrogen and oxygen atoms in total. The molecule has 0 aliphatic rings. The summed E-state index contributed by atoms with van der Waals surface area (Å²) < 4.78 is 28.7. The summed E-state index contributed by atoms with van der Waals surface area (Å²) in [5, 5.41) is 3.21. The highest BCUT2D eigenvalue weighted by atomic mass is 32.2. The quantitative estimate of drug-likeness (QED) is 0.634. The molecule has 0 bridgehead atoms. The van der Waals surface area contributed by atoms with Gasteiger partial charge >= 0.3 is 0 Å². The van der Waals surface area contributed by atoms with Gasteiger partial charge in [-0.25, -0.2) is 8.42 Å². The van der Waals surface area contributed by atoms with Gasteiger partial charge in [0.1, 0.15) is 11.5 Å². The van der Waals surface area contributed by atoms with Gasteiger partial charge in [0, 0.05) is 25.5 Å². The highest BCUT2D eigenvalue weighted by Gasteiger charge is 2.08. The first-order valence-corrected chi connectivity index (χ1v) is 8.86. The lowest BCUT2D eigenvalue weighted by molar-refractivity contribution is 0.478. The average Bonchev–Trinajstić information content (AvgIpc) is 2.63. The van der Waals surface area contributed by atoms with E-state index in [0.29, 0.717) is 30.2 Å². The van der Waals surface area contributed by atoms with Crippen LogP contribution < -0.4 is 10.1 Å². The van der Waals surface area contributed by atoms with Gasteiger partial charge in [-0.15, -0.1) is 0 Å². The molecular formula is C18H17N3O3S.